The minimum Gasteiger partial charge on any atom is -0.353 e. The zero-order valence-electron chi connectivity index (χ0n) is 15.0. The average molecular weight is 331 g/mol. The molecule has 1 aromatic heterocycles. The molecule has 1 N–H and O–H groups in total. The molecule has 4 heterocycles. The van der Waals surface area contributed by atoms with Crippen LogP contribution in [0.15, 0.2) is 6.20 Å². The molecule has 132 valence electrons. The maximum Gasteiger partial charge on any atom is 0.224 e. The summed E-state index contributed by atoms with van der Waals surface area (Å²) in [4.78, 5) is 14.9. The number of nitrogens with one attached hydrogen (secondary N) is 1. The molecule has 1 amide bonds. The van der Waals surface area contributed by atoms with Crippen LogP contribution in [0.2, 0.25) is 0 Å². The third-order valence-corrected chi connectivity index (χ3v) is 5.84. The van der Waals surface area contributed by atoms with E-state index in [1.807, 2.05) is 4.68 Å². The summed E-state index contributed by atoms with van der Waals surface area (Å²) >= 11 is 0. The molecule has 0 aromatic carbocycles. The molecule has 0 spiro atoms. The molecule has 3 saturated heterocycles. The lowest BCUT2D eigenvalue weighted by atomic mass is 9.75. The Morgan fingerprint density at radius 2 is 2.12 bits per heavy atom. The lowest BCUT2D eigenvalue weighted by molar-refractivity contribution is -0.133. The first-order valence-corrected chi connectivity index (χ1v) is 9.35. The Labute approximate surface area is 144 Å². The Morgan fingerprint density at radius 3 is 2.71 bits per heavy atom. The smallest absolute Gasteiger partial charge is 0.224 e. The van der Waals surface area contributed by atoms with Crippen LogP contribution in [0.4, 0.5) is 0 Å². The van der Waals surface area contributed by atoms with Gasteiger partial charge in [-0.3, -0.25) is 14.4 Å². The number of hydrogen-bond acceptors (Lipinski definition) is 4. The second kappa shape index (κ2) is 5.83. The van der Waals surface area contributed by atoms with Crippen molar-refractivity contribution in [2.24, 2.45) is 11.8 Å². The van der Waals surface area contributed by atoms with Crippen LogP contribution in [0.3, 0.4) is 0 Å². The fourth-order valence-electron chi connectivity index (χ4n) is 4.11. The van der Waals surface area contributed by atoms with Gasteiger partial charge in [0, 0.05) is 30.2 Å². The second-order valence-electron chi connectivity index (χ2n) is 8.90. The molecule has 2 unspecified atom stereocenters. The highest BCUT2D eigenvalue weighted by molar-refractivity contribution is 5.80. The maximum absolute atomic E-state index is 12.5. The van der Waals surface area contributed by atoms with Crippen LogP contribution >= 0.6 is 0 Å². The number of carbonyl (C=O) groups is 1. The Hall–Kier alpha value is -1.43. The van der Waals surface area contributed by atoms with Gasteiger partial charge in [-0.1, -0.05) is 26.0 Å². The molecule has 4 atom stereocenters. The van der Waals surface area contributed by atoms with Gasteiger partial charge < -0.3 is 5.32 Å². The van der Waals surface area contributed by atoms with Crippen LogP contribution in [-0.2, 0) is 16.8 Å². The lowest BCUT2D eigenvalue weighted by Gasteiger charge is -2.49. The number of hydrogen-bond donors (Lipinski definition) is 1. The molecule has 1 aliphatic carbocycles. The summed E-state index contributed by atoms with van der Waals surface area (Å²) in [6.45, 7) is 9.40. The van der Waals surface area contributed by atoms with Crippen LogP contribution in [0.25, 0.3) is 0 Å². The molecular weight excluding hydrogens is 302 g/mol. The Kier molecular flexibility index (Phi) is 3.90. The minimum absolute atomic E-state index is 0.0378. The molecule has 3 aliphatic heterocycles. The monoisotopic (exact) mass is 331 g/mol. The molecule has 6 heteroatoms. The second-order valence-corrected chi connectivity index (χ2v) is 8.90. The summed E-state index contributed by atoms with van der Waals surface area (Å²) in [5.41, 5.74) is 1.08. The van der Waals surface area contributed by atoms with E-state index in [0.717, 1.165) is 51.0 Å². The van der Waals surface area contributed by atoms with E-state index >= 15 is 0 Å². The minimum atomic E-state index is 0.0378. The third kappa shape index (κ3) is 3.21. The van der Waals surface area contributed by atoms with Crippen LogP contribution in [0.1, 0.15) is 52.1 Å². The van der Waals surface area contributed by atoms with Gasteiger partial charge in [-0.25, -0.2) is 0 Å². The number of piperidine rings is 3. The molecule has 1 aromatic rings. The summed E-state index contributed by atoms with van der Waals surface area (Å²) in [5.74, 6) is 1.02. The SMILES string of the molecule is CC(C)(C)c1cn(C[C@H]2CC3CCN2C[C@@H]3C(=O)NC2CC2)nn1. The van der Waals surface area contributed by atoms with Gasteiger partial charge in [0.15, 0.2) is 0 Å². The Morgan fingerprint density at radius 1 is 1.33 bits per heavy atom. The fraction of sp³-hybridized carbons (Fsp3) is 0.833. The number of carbonyl (C=O) groups excluding carboxylic acids is 1. The van der Waals surface area contributed by atoms with Crippen molar-refractivity contribution in [3.05, 3.63) is 11.9 Å². The van der Waals surface area contributed by atoms with Gasteiger partial charge in [-0.05, 0) is 38.1 Å². The first-order valence-electron chi connectivity index (χ1n) is 9.35. The van der Waals surface area contributed by atoms with Crippen molar-refractivity contribution in [2.75, 3.05) is 13.1 Å². The number of aromatic nitrogens is 3. The van der Waals surface area contributed by atoms with E-state index in [4.69, 9.17) is 0 Å². The largest absolute Gasteiger partial charge is 0.353 e. The predicted octanol–water partition coefficient (Wildman–Crippen LogP) is 1.56. The van der Waals surface area contributed by atoms with Gasteiger partial charge in [-0.15, -0.1) is 5.10 Å². The first kappa shape index (κ1) is 16.1. The van der Waals surface area contributed by atoms with E-state index in [0.29, 0.717) is 23.9 Å². The predicted molar refractivity (Wildman–Crippen MR) is 91.5 cm³/mol. The molecular formula is C18H29N5O. The fourth-order valence-corrected chi connectivity index (χ4v) is 4.11. The van der Waals surface area contributed by atoms with Crippen molar-refractivity contribution in [3.63, 3.8) is 0 Å². The van der Waals surface area contributed by atoms with Gasteiger partial charge >= 0.3 is 0 Å². The number of rotatable bonds is 4. The molecule has 6 nitrogen and oxygen atoms in total. The number of fused-ring (bicyclic) bond motifs is 3. The number of nitrogens with zero attached hydrogens (tertiary/aromatic N) is 4. The van der Waals surface area contributed by atoms with Crippen molar-refractivity contribution >= 4 is 5.91 Å². The van der Waals surface area contributed by atoms with Crippen molar-refractivity contribution in [2.45, 2.75) is 70.5 Å². The zero-order valence-corrected chi connectivity index (χ0v) is 15.0. The van der Waals surface area contributed by atoms with E-state index in [9.17, 15) is 4.79 Å². The highest BCUT2D eigenvalue weighted by atomic mass is 16.2. The van der Waals surface area contributed by atoms with Gasteiger partial charge in [0.1, 0.15) is 0 Å². The highest BCUT2D eigenvalue weighted by Crippen LogP contribution is 2.37. The van der Waals surface area contributed by atoms with Crippen molar-refractivity contribution in [1.29, 1.82) is 0 Å². The van der Waals surface area contributed by atoms with Gasteiger partial charge in [0.2, 0.25) is 5.91 Å². The first-order chi connectivity index (χ1) is 11.4. The van der Waals surface area contributed by atoms with Crippen molar-refractivity contribution < 1.29 is 4.79 Å². The van der Waals surface area contributed by atoms with E-state index < -0.39 is 0 Å². The van der Waals surface area contributed by atoms with Crippen LogP contribution in [0, 0.1) is 11.8 Å². The summed E-state index contributed by atoms with van der Waals surface area (Å²) in [5, 5.41) is 11.9. The molecule has 24 heavy (non-hydrogen) atoms. The van der Waals surface area contributed by atoms with Crippen LogP contribution in [-0.4, -0.2) is 51.0 Å². The Bertz CT molecular complexity index is 615. The quantitative estimate of drug-likeness (QED) is 0.909. The van der Waals surface area contributed by atoms with E-state index in [1.165, 1.54) is 0 Å². The number of amides is 1. The molecule has 1 saturated carbocycles. The lowest BCUT2D eigenvalue weighted by Crippen LogP contribution is -2.58. The van der Waals surface area contributed by atoms with E-state index in [2.05, 4.69) is 47.5 Å². The van der Waals surface area contributed by atoms with Crippen LogP contribution in [0.5, 0.6) is 0 Å². The van der Waals surface area contributed by atoms with E-state index in [-0.39, 0.29) is 11.3 Å². The maximum atomic E-state index is 12.5. The van der Waals surface area contributed by atoms with Crippen molar-refractivity contribution in [1.82, 2.24) is 25.2 Å². The standard InChI is InChI=1S/C18H29N5O/c1-18(2,3)16-11-23(21-20-16)9-14-8-12-6-7-22(14)10-15(12)17(24)19-13-4-5-13/h11-15H,4-10H2,1-3H3,(H,19,24)/t12?,14-,15+/m1/s1. The van der Waals surface area contributed by atoms with Crippen molar-refractivity contribution in [3.8, 4) is 0 Å². The molecule has 2 bridgehead atoms. The molecule has 4 aliphatic rings. The van der Waals surface area contributed by atoms with Gasteiger partial charge in [0.05, 0.1) is 18.2 Å². The highest BCUT2D eigenvalue weighted by Gasteiger charge is 2.44. The van der Waals surface area contributed by atoms with Gasteiger partial charge in [-0.2, -0.15) is 0 Å². The summed E-state index contributed by atoms with van der Waals surface area (Å²) in [7, 11) is 0. The van der Waals surface area contributed by atoms with Crippen LogP contribution < -0.4 is 5.32 Å². The zero-order chi connectivity index (χ0) is 16.9. The molecule has 4 fully saturated rings. The summed E-state index contributed by atoms with van der Waals surface area (Å²) in [6, 6.07) is 0.956. The average Bonchev–Trinajstić information content (AvgIpc) is 3.21. The van der Waals surface area contributed by atoms with Gasteiger partial charge in [0.25, 0.3) is 0 Å². The summed E-state index contributed by atoms with van der Waals surface area (Å²) < 4.78 is 1.99. The normalized spacial score (nSPS) is 32.8. The molecule has 5 rings (SSSR count). The third-order valence-electron chi connectivity index (χ3n) is 5.84. The molecule has 0 radical (unpaired) electrons. The topological polar surface area (TPSA) is 63.1 Å². The van der Waals surface area contributed by atoms with E-state index in [1.54, 1.807) is 0 Å². The summed E-state index contributed by atoms with van der Waals surface area (Å²) in [6.07, 6.45) is 6.67. The Balaban J connectivity index is 1.38.